The van der Waals surface area contributed by atoms with Crippen molar-refractivity contribution in [3.8, 4) is 0 Å². The number of amides is 4. The summed E-state index contributed by atoms with van der Waals surface area (Å²) in [6, 6.07) is -0.892. The molecule has 1 saturated carbocycles. The van der Waals surface area contributed by atoms with E-state index in [1.54, 1.807) is 4.90 Å². The Hall–Kier alpha value is -1.64. The molecule has 8 nitrogen and oxygen atoms in total. The summed E-state index contributed by atoms with van der Waals surface area (Å²) in [4.78, 5) is 41.1. The van der Waals surface area contributed by atoms with Crippen LogP contribution < -0.4 is 5.32 Å². The molecule has 1 spiro atoms. The van der Waals surface area contributed by atoms with Crippen molar-refractivity contribution in [2.24, 2.45) is 5.92 Å². The first-order valence-corrected chi connectivity index (χ1v) is 12.1. The first-order chi connectivity index (χ1) is 13.1. The third-order valence-corrected chi connectivity index (χ3v) is 7.78. The molecule has 1 aliphatic carbocycles. The minimum absolute atomic E-state index is 0.0461. The smallest absolute Gasteiger partial charge is 0.325 e. The largest absolute Gasteiger partial charge is 0.337 e. The lowest BCUT2D eigenvalue weighted by Crippen LogP contribution is -2.50. The van der Waals surface area contributed by atoms with Gasteiger partial charge in [0.05, 0.1) is 11.5 Å². The van der Waals surface area contributed by atoms with Crippen molar-refractivity contribution in [3.63, 3.8) is 0 Å². The van der Waals surface area contributed by atoms with Gasteiger partial charge in [0.15, 0.2) is 9.84 Å². The predicted octanol–water partition coefficient (Wildman–Crippen LogP) is 1.30. The molecule has 2 aliphatic heterocycles. The molecule has 3 aliphatic rings. The van der Waals surface area contributed by atoms with Gasteiger partial charge in [-0.2, -0.15) is 0 Å². The van der Waals surface area contributed by atoms with E-state index >= 15 is 0 Å². The molecule has 0 aromatic carbocycles. The van der Waals surface area contributed by atoms with Crippen LogP contribution in [0.5, 0.6) is 0 Å². The summed E-state index contributed by atoms with van der Waals surface area (Å²) < 4.78 is 23.7. The molecule has 28 heavy (non-hydrogen) atoms. The molecule has 3 fully saturated rings. The topological polar surface area (TPSA) is 104 Å². The first-order valence-electron chi connectivity index (χ1n) is 10.3. The molecular weight excluding hydrogens is 382 g/mol. The molecule has 2 heterocycles. The molecule has 0 unspecified atom stereocenters. The van der Waals surface area contributed by atoms with Gasteiger partial charge in [-0.15, -0.1) is 0 Å². The Kier molecular flexibility index (Phi) is 6.03. The van der Waals surface area contributed by atoms with Crippen LogP contribution in [-0.2, 0) is 19.4 Å². The third-order valence-electron chi connectivity index (χ3n) is 6.03. The Morgan fingerprint density at radius 2 is 1.86 bits per heavy atom. The maximum absolute atomic E-state index is 13.0. The minimum atomic E-state index is -3.14. The summed E-state index contributed by atoms with van der Waals surface area (Å²) in [6.45, 7) is 4.00. The summed E-state index contributed by atoms with van der Waals surface area (Å²) in [5, 5.41) is 2.85. The van der Waals surface area contributed by atoms with E-state index in [0.29, 0.717) is 25.8 Å². The number of imide groups is 1. The van der Waals surface area contributed by atoms with Gasteiger partial charge in [0.25, 0.3) is 5.91 Å². The summed E-state index contributed by atoms with van der Waals surface area (Å²) in [5.74, 6) is -0.480. The Labute approximate surface area is 166 Å². The van der Waals surface area contributed by atoms with Crippen LogP contribution in [0.25, 0.3) is 0 Å². The van der Waals surface area contributed by atoms with E-state index in [-0.39, 0.29) is 41.8 Å². The number of carbonyl (C=O) groups is 3. The lowest BCUT2D eigenvalue weighted by molar-refractivity contribution is -0.140. The van der Waals surface area contributed by atoms with Gasteiger partial charge in [0.1, 0.15) is 12.1 Å². The molecule has 0 aromatic heterocycles. The fraction of sp³-hybridized carbons (Fsp3) is 0.842. The summed E-state index contributed by atoms with van der Waals surface area (Å²) in [5.41, 5.74) is -0.868. The number of rotatable bonds is 5. The fourth-order valence-corrected chi connectivity index (χ4v) is 6.32. The molecule has 0 radical (unpaired) electrons. The Balaban J connectivity index is 1.74. The van der Waals surface area contributed by atoms with Crippen LogP contribution in [0.15, 0.2) is 0 Å². The van der Waals surface area contributed by atoms with Gasteiger partial charge in [-0.1, -0.05) is 39.5 Å². The maximum Gasteiger partial charge on any atom is 0.325 e. The third kappa shape index (κ3) is 4.34. The van der Waals surface area contributed by atoms with Crippen molar-refractivity contribution in [1.82, 2.24) is 15.1 Å². The van der Waals surface area contributed by atoms with Gasteiger partial charge < -0.3 is 10.2 Å². The highest BCUT2D eigenvalue weighted by Crippen LogP contribution is 2.32. The average molecular weight is 414 g/mol. The van der Waals surface area contributed by atoms with Gasteiger partial charge in [-0.05, 0) is 25.2 Å². The highest BCUT2D eigenvalue weighted by atomic mass is 32.2. The number of carbonyl (C=O) groups excluding carboxylic acids is 3. The van der Waals surface area contributed by atoms with E-state index in [9.17, 15) is 22.8 Å². The van der Waals surface area contributed by atoms with Crippen LogP contribution in [0.2, 0.25) is 0 Å². The second-order valence-corrected chi connectivity index (χ2v) is 11.0. The number of nitrogens with zero attached hydrogens (tertiary/aromatic N) is 2. The van der Waals surface area contributed by atoms with E-state index in [4.69, 9.17) is 0 Å². The van der Waals surface area contributed by atoms with Crippen molar-refractivity contribution < 1.29 is 22.8 Å². The van der Waals surface area contributed by atoms with Crippen LogP contribution in [0.3, 0.4) is 0 Å². The average Bonchev–Trinajstić information content (AvgIpc) is 2.95. The molecule has 1 N–H and O–H groups in total. The Morgan fingerprint density at radius 1 is 1.21 bits per heavy atom. The number of urea groups is 1. The van der Waals surface area contributed by atoms with Gasteiger partial charge in [-0.3, -0.25) is 14.5 Å². The molecule has 2 saturated heterocycles. The normalized spacial score (nSPS) is 26.5. The van der Waals surface area contributed by atoms with Gasteiger partial charge >= 0.3 is 6.03 Å². The van der Waals surface area contributed by atoms with E-state index in [0.717, 1.165) is 30.6 Å². The second kappa shape index (κ2) is 8.00. The number of hydrogen-bond donors (Lipinski definition) is 1. The number of nitrogens with one attached hydrogen (secondary N) is 1. The van der Waals surface area contributed by atoms with E-state index in [1.807, 2.05) is 13.8 Å². The van der Waals surface area contributed by atoms with Crippen LogP contribution in [0, 0.1) is 5.92 Å². The predicted molar refractivity (Wildman–Crippen MR) is 104 cm³/mol. The molecule has 158 valence electrons. The van der Waals surface area contributed by atoms with E-state index in [2.05, 4.69) is 5.32 Å². The number of hydrogen-bond acceptors (Lipinski definition) is 5. The minimum Gasteiger partial charge on any atom is -0.337 e. The zero-order valence-corrected chi connectivity index (χ0v) is 17.6. The van der Waals surface area contributed by atoms with Crippen molar-refractivity contribution in [3.05, 3.63) is 0 Å². The lowest BCUT2D eigenvalue weighted by Gasteiger charge is -2.31. The number of sulfone groups is 1. The highest BCUT2D eigenvalue weighted by molar-refractivity contribution is 7.91. The van der Waals surface area contributed by atoms with Gasteiger partial charge in [-0.25, -0.2) is 13.2 Å². The zero-order chi connectivity index (χ0) is 20.5. The standard InChI is InChI=1S/C19H31N3O5S/c1-14(2)11-21(15-7-10-28(26,27)13-15)16(23)12-22-17(24)19(20-18(22)25)8-5-3-4-6-9-19/h14-15H,3-13H2,1-2H3,(H,20,25)/t15-/m0/s1. The molecular formula is C19H31N3O5S. The Bertz CT molecular complexity index is 741. The van der Waals surface area contributed by atoms with Gasteiger partial charge in [0.2, 0.25) is 5.91 Å². The summed E-state index contributed by atoms with van der Waals surface area (Å²) in [6.07, 6.45) is 5.48. The van der Waals surface area contributed by atoms with Crippen molar-refractivity contribution in [1.29, 1.82) is 0 Å². The van der Waals surface area contributed by atoms with Crippen LogP contribution >= 0.6 is 0 Å². The zero-order valence-electron chi connectivity index (χ0n) is 16.8. The molecule has 9 heteroatoms. The fourth-order valence-electron chi connectivity index (χ4n) is 4.59. The summed E-state index contributed by atoms with van der Waals surface area (Å²) >= 11 is 0. The monoisotopic (exact) mass is 413 g/mol. The molecule has 0 bridgehead atoms. The molecule has 3 rings (SSSR count). The molecule has 1 atom stereocenters. The van der Waals surface area contributed by atoms with E-state index < -0.39 is 21.4 Å². The molecule has 0 aromatic rings. The quantitative estimate of drug-likeness (QED) is 0.684. The van der Waals surface area contributed by atoms with Crippen LogP contribution in [0.1, 0.15) is 58.8 Å². The maximum atomic E-state index is 13.0. The van der Waals surface area contributed by atoms with Crippen molar-refractivity contribution in [2.45, 2.75) is 70.4 Å². The van der Waals surface area contributed by atoms with Crippen LogP contribution in [-0.4, -0.2) is 72.2 Å². The highest BCUT2D eigenvalue weighted by Gasteiger charge is 2.51. The van der Waals surface area contributed by atoms with E-state index in [1.165, 1.54) is 0 Å². The van der Waals surface area contributed by atoms with Gasteiger partial charge in [0, 0.05) is 12.6 Å². The SMILES string of the molecule is CC(C)CN(C(=O)CN1C(=O)NC2(CCCCCC2)C1=O)[C@H]1CCS(=O)(=O)C1. The Morgan fingerprint density at radius 3 is 2.39 bits per heavy atom. The van der Waals surface area contributed by atoms with Crippen LogP contribution in [0.4, 0.5) is 4.79 Å². The molecule has 4 amide bonds. The summed E-state index contributed by atoms with van der Waals surface area (Å²) in [7, 11) is -3.14. The van der Waals surface area contributed by atoms with Crippen molar-refractivity contribution in [2.75, 3.05) is 24.6 Å². The second-order valence-electron chi connectivity index (χ2n) is 8.81. The first kappa shape index (κ1) is 21.1. The van der Waals surface area contributed by atoms with Crippen molar-refractivity contribution >= 4 is 27.7 Å². The lowest BCUT2D eigenvalue weighted by atomic mass is 9.90.